The van der Waals surface area contributed by atoms with E-state index in [1.807, 2.05) is 0 Å². The van der Waals surface area contributed by atoms with E-state index in [4.69, 9.17) is 0 Å². The van der Waals surface area contributed by atoms with E-state index in [2.05, 4.69) is 25.9 Å². The molecule has 0 aliphatic carbocycles. The van der Waals surface area contributed by atoms with Gasteiger partial charge < -0.3 is 10.4 Å². The second kappa shape index (κ2) is 5.38. The maximum atomic E-state index is 12.2. The predicted molar refractivity (Wildman–Crippen MR) is 72.8 cm³/mol. The number of tetrazole rings is 1. The first-order valence-corrected chi connectivity index (χ1v) is 6.24. The largest absolute Gasteiger partial charge is 0.391 e. The Morgan fingerprint density at radius 1 is 1.45 bits per heavy atom. The maximum absolute atomic E-state index is 12.2. The summed E-state index contributed by atoms with van der Waals surface area (Å²) in [6.45, 7) is 5.16. The fourth-order valence-corrected chi connectivity index (χ4v) is 1.55. The molecule has 0 saturated carbocycles. The summed E-state index contributed by atoms with van der Waals surface area (Å²) >= 11 is 0. The summed E-state index contributed by atoms with van der Waals surface area (Å²) in [4.78, 5) is 12.2. The third-order valence-corrected chi connectivity index (χ3v) is 3.21. The maximum Gasteiger partial charge on any atom is 0.251 e. The lowest BCUT2D eigenvalue weighted by Crippen LogP contribution is -2.50. The molecule has 3 N–H and O–H groups in total. The van der Waals surface area contributed by atoms with Crippen LogP contribution < -0.4 is 5.32 Å². The second-order valence-electron chi connectivity index (χ2n) is 5.17. The van der Waals surface area contributed by atoms with Crippen molar-refractivity contribution in [1.29, 1.82) is 0 Å². The quantitative estimate of drug-likeness (QED) is 0.764. The minimum atomic E-state index is -0.709. The third kappa shape index (κ3) is 3.00. The van der Waals surface area contributed by atoms with Gasteiger partial charge in [0.1, 0.15) is 0 Å². The van der Waals surface area contributed by atoms with E-state index in [0.29, 0.717) is 17.0 Å². The lowest BCUT2D eigenvalue weighted by molar-refractivity contribution is 0.0709. The van der Waals surface area contributed by atoms with Crippen LogP contribution in [0.25, 0.3) is 11.4 Å². The van der Waals surface area contributed by atoms with E-state index in [1.54, 1.807) is 45.0 Å². The van der Waals surface area contributed by atoms with Gasteiger partial charge in [-0.1, -0.05) is 12.1 Å². The van der Waals surface area contributed by atoms with Gasteiger partial charge in [-0.3, -0.25) is 4.79 Å². The van der Waals surface area contributed by atoms with Crippen molar-refractivity contribution in [3.8, 4) is 11.4 Å². The molecule has 1 aromatic heterocycles. The number of aromatic amines is 1. The van der Waals surface area contributed by atoms with Crippen LogP contribution in [0.2, 0.25) is 0 Å². The Kier molecular flexibility index (Phi) is 3.80. The Morgan fingerprint density at radius 3 is 2.80 bits per heavy atom. The summed E-state index contributed by atoms with van der Waals surface area (Å²) in [5.74, 6) is 0.163. The number of carbonyl (C=O) groups excluding carboxylic acids is 1. The number of benzene rings is 1. The number of rotatable bonds is 4. The zero-order valence-electron chi connectivity index (χ0n) is 11.6. The predicted octanol–water partition coefficient (Wildman–Crippen LogP) is 0.756. The molecule has 0 saturated heterocycles. The molecule has 0 radical (unpaired) electrons. The van der Waals surface area contributed by atoms with Crippen molar-refractivity contribution in [1.82, 2.24) is 25.9 Å². The van der Waals surface area contributed by atoms with E-state index in [-0.39, 0.29) is 5.91 Å². The van der Waals surface area contributed by atoms with Crippen LogP contribution in [0.15, 0.2) is 24.3 Å². The summed E-state index contributed by atoms with van der Waals surface area (Å²) in [5, 5.41) is 26.0. The highest BCUT2D eigenvalue weighted by molar-refractivity contribution is 5.95. The summed E-state index contributed by atoms with van der Waals surface area (Å²) in [5.41, 5.74) is 0.460. The first-order chi connectivity index (χ1) is 9.40. The van der Waals surface area contributed by atoms with Crippen LogP contribution in [-0.4, -0.2) is 43.3 Å². The number of hydrogen-bond donors (Lipinski definition) is 3. The normalized spacial score (nSPS) is 13.0. The number of nitrogens with one attached hydrogen (secondary N) is 2. The van der Waals surface area contributed by atoms with Crippen LogP contribution in [0.3, 0.4) is 0 Å². The van der Waals surface area contributed by atoms with Crippen LogP contribution in [0.5, 0.6) is 0 Å². The zero-order valence-corrected chi connectivity index (χ0v) is 11.6. The van der Waals surface area contributed by atoms with Gasteiger partial charge in [-0.05, 0) is 38.1 Å². The topological polar surface area (TPSA) is 104 Å². The Morgan fingerprint density at radius 2 is 2.20 bits per heavy atom. The van der Waals surface area contributed by atoms with E-state index < -0.39 is 11.6 Å². The Balaban J connectivity index is 2.21. The van der Waals surface area contributed by atoms with Gasteiger partial charge in [0.15, 0.2) is 0 Å². The summed E-state index contributed by atoms with van der Waals surface area (Å²) in [6, 6.07) is 6.91. The molecule has 0 fully saturated rings. The molecule has 7 heteroatoms. The fourth-order valence-electron chi connectivity index (χ4n) is 1.55. The molecule has 7 nitrogen and oxygen atoms in total. The van der Waals surface area contributed by atoms with Crippen molar-refractivity contribution in [3.63, 3.8) is 0 Å². The monoisotopic (exact) mass is 275 g/mol. The molecular formula is C13H17N5O2. The van der Waals surface area contributed by atoms with Gasteiger partial charge >= 0.3 is 0 Å². The highest BCUT2D eigenvalue weighted by Crippen LogP contribution is 2.16. The molecule has 1 amide bonds. The SMILES string of the molecule is CC(O)C(C)(C)NC(=O)c1cccc(-c2nn[nH]n2)c1. The van der Waals surface area contributed by atoms with Crippen molar-refractivity contribution >= 4 is 5.91 Å². The van der Waals surface area contributed by atoms with E-state index in [0.717, 1.165) is 0 Å². The molecule has 1 heterocycles. The molecule has 2 rings (SSSR count). The molecule has 1 aromatic carbocycles. The fraction of sp³-hybridized carbons (Fsp3) is 0.385. The highest BCUT2D eigenvalue weighted by atomic mass is 16.3. The third-order valence-electron chi connectivity index (χ3n) is 3.21. The van der Waals surface area contributed by atoms with Gasteiger partial charge in [0, 0.05) is 11.1 Å². The first-order valence-electron chi connectivity index (χ1n) is 6.24. The van der Waals surface area contributed by atoms with Crippen molar-refractivity contribution in [3.05, 3.63) is 29.8 Å². The molecule has 106 valence electrons. The van der Waals surface area contributed by atoms with Crippen molar-refractivity contribution in [2.75, 3.05) is 0 Å². The Bertz CT molecular complexity index is 593. The van der Waals surface area contributed by atoms with Crippen LogP contribution in [0.1, 0.15) is 31.1 Å². The van der Waals surface area contributed by atoms with Gasteiger partial charge in [0.05, 0.1) is 11.6 Å². The van der Waals surface area contributed by atoms with Gasteiger partial charge in [0.2, 0.25) is 5.82 Å². The van der Waals surface area contributed by atoms with Gasteiger partial charge in [0.25, 0.3) is 5.91 Å². The van der Waals surface area contributed by atoms with E-state index >= 15 is 0 Å². The lowest BCUT2D eigenvalue weighted by Gasteiger charge is -2.29. The van der Waals surface area contributed by atoms with Crippen molar-refractivity contribution in [2.45, 2.75) is 32.4 Å². The van der Waals surface area contributed by atoms with Crippen LogP contribution in [0.4, 0.5) is 0 Å². The molecule has 0 spiro atoms. The average Bonchev–Trinajstić information content (AvgIpc) is 2.92. The van der Waals surface area contributed by atoms with Crippen LogP contribution in [-0.2, 0) is 0 Å². The molecular weight excluding hydrogens is 258 g/mol. The van der Waals surface area contributed by atoms with Crippen molar-refractivity contribution < 1.29 is 9.90 Å². The number of H-pyrrole nitrogens is 1. The Labute approximate surface area is 116 Å². The minimum absolute atomic E-state index is 0.263. The van der Waals surface area contributed by atoms with Crippen molar-refractivity contribution in [2.24, 2.45) is 0 Å². The molecule has 1 atom stereocenters. The lowest BCUT2D eigenvalue weighted by atomic mass is 9.98. The van der Waals surface area contributed by atoms with E-state index in [9.17, 15) is 9.90 Å². The highest BCUT2D eigenvalue weighted by Gasteiger charge is 2.26. The number of aliphatic hydroxyl groups excluding tert-OH is 1. The Hall–Kier alpha value is -2.28. The summed E-state index contributed by atoms with van der Waals surface area (Å²) in [7, 11) is 0. The van der Waals surface area contributed by atoms with Crippen LogP contribution in [0, 0.1) is 0 Å². The van der Waals surface area contributed by atoms with Gasteiger partial charge in [-0.2, -0.15) is 5.21 Å². The molecule has 0 aliphatic rings. The first kappa shape index (κ1) is 14.1. The number of carbonyl (C=O) groups is 1. The second-order valence-corrected chi connectivity index (χ2v) is 5.17. The molecule has 0 aliphatic heterocycles. The van der Waals surface area contributed by atoms with E-state index in [1.165, 1.54) is 0 Å². The van der Waals surface area contributed by atoms with Gasteiger partial charge in [-0.25, -0.2) is 0 Å². The molecule has 1 unspecified atom stereocenters. The number of nitrogens with zero attached hydrogens (tertiary/aromatic N) is 3. The molecule has 0 bridgehead atoms. The number of aromatic nitrogens is 4. The van der Waals surface area contributed by atoms with Gasteiger partial charge in [-0.15, -0.1) is 10.2 Å². The smallest absolute Gasteiger partial charge is 0.251 e. The zero-order chi connectivity index (χ0) is 14.8. The minimum Gasteiger partial charge on any atom is -0.391 e. The van der Waals surface area contributed by atoms with Crippen LogP contribution >= 0.6 is 0 Å². The molecule has 20 heavy (non-hydrogen) atoms. The summed E-state index contributed by atoms with van der Waals surface area (Å²) < 4.78 is 0. The number of amides is 1. The summed E-state index contributed by atoms with van der Waals surface area (Å²) in [6.07, 6.45) is -0.660. The standard InChI is InChI=1S/C13H17N5O2/c1-8(19)13(2,3)14-12(20)10-6-4-5-9(7-10)11-15-17-18-16-11/h4-8,19H,1-3H3,(H,14,20)(H,15,16,17,18). The number of aliphatic hydroxyl groups is 1. The number of hydrogen-bond acceptors (Lipinski definition) is 5. The average molecular weight is 275 g/mol. The molecule has 2 aromatic rings.